The van der Waals surface area contributed by atoms with Crippen molar-refractivity contribution >= 4 is 28.9 Å². The van der Waals surface area contributed by atoms with Crippen LogP contribution in [0.2, 0.25) is 5.28 Å². The molecule has 72 valence electrons. The van der Waals surface area contributed by atoms with Gasteiger partial charge in [0.15, 0.2) is 0 Å². The molecule has 0 radical (unpaired) electrons. The van der Waals surface area contributed by atoms with Gasteiger partial charge in [-0.3, -0.25) is 4.68 Å². The number of aldehydes is 1. The number of carbonyl (C=O) groups excluding carboxylic acids is 1. The second-order valence-electron chi connectivity index (χ2n) is 2.88. The van der Waals surface area contributed by atoms with E-state index in [1.54, 1.807) is 24.0 Å². The van der Waals surface area contributed by atoms with Crippen molar-refractivity contribution in [2.45, 2.75) is 13.0 Å². The van der Waals surface area contributed by atoms with Crippen molar-refractivity contribution in [3.8, 4) is 0 Å². The fourth-order valence-electron chi connectivity index (χ4n) is 1.20. The maximum absolute atomic E-state index is 10.6. The lowest BCUT2D eigenvalue weighted by molar-refractivity contribution is -0.110. The SMILES string of the molecule is CC(C=O)n1ncc2nc(Cl)ncc21. The van der Waals surface area contributed by atoms with Gasteiger partial charge in [-0.2, -0.15) is 5.10 Å². The topological polar surface area (TPSA) is 60.7 Å². The van der Waals surface area contributed by atoms with Crippen molar-refractivity contribution in [2.24, 2.45) is 0 Å². The minimum atomic E-state index is -0.322. The highest BCUT2D eigenvalue weighted by molar-refractivity contribution is 6.28. The third kappa shape index (κ3) is 1.35. The number of hydrogen-bond donors (Lipinski definition) is 0. The summed E-state index contributed by atoms with van der Waals surface area (Å²) in [6.45, 7) is 1.74. The summed E-state index contributed by atoms with van der Waals surface area (Å²) < 4.78 is 1.55. The van der Waals surface area contributed by atoms with Crippen LogP contribution in [-0.4, -0.2) is 26.0 Å². The molecule has 2 aromatic heterocycles. The van der Waals surface area contributed by atoms with Gasteiger partial charge in [0.2, 0.25) is 5.28 Å². The lowest BCUT2D eigenvalue weighted by Gasteiger charge is -2.04. The van der Waals surface area contributed by atoms with E-state index in [0.717, 1.165) is 6.29 Å². The van der Waals surface area contributed by atoms with Crippen LogP contribution < -0.4 is 0 Å². The van der Waals surface area contributed by atoms with Gasteiger partial charge in [-0.05, 0) is 18.5 Å². The van der Waals surface area contributed by atoms with Crippen LogP contribution in [0.25, 0.3) is 11.0 Å². The summed E-state index contributed by atoms with van der Waals surface area (Å²) >= 11 is 5.61. The third-order valence-corrected chi connectivity index (χ3v) is 2.08. The summed E-state index contributed by atoms with van der Waals surface area (Å²) in [6.07, 6.45) is 3.92. The number of hydrogen-bond acceptors (Lipinski definition) is 4. The fourth-order valence-corrected chi connectivity index (χ4v) is 1.34. The van der Waals surface area contributed by atoms with E-state index in [4.69, 9.17) is 11.6 Å². The summed E-state index contributed by atoms with van der Waals surface area (Å²) in [6, 6.07) is -0.322. The van der Waals surface area contributed by atoms with Crippen LogP contribution in [0.3, 0.4) is 0 Å². The van der Waals surface area contributed by atoms with Gasteiger partial charge in [-0.1, -0.05) is 0 Å². The molecule has 6 heteroatoms. The second kappa shape index (κ2) is 3.34. The Hall–Kier alpha value is -1.49. The molecule has 0 bridgehead atoms. The van der Waals surface area contributed by atoms with Crippen LogP contribution in [0.5, 0.6) is 0 Å². The van der Waals surface area contributed by atoms with Crippen LogP contribution in [0, 0.1) is 0 Å². The monoisotopic (exact) mass is 210 g/mol. The Morgan fingerprint density at radius 2 is 2.36 bits per heavy atom. The Bertz CT molecular complexity index is 481. The molecule has 0 aliphatic rings. The van der Waals surface area contributed by atoms with Crippen LogP contribution >= 0.6 is 11.6 Å². The van der Waals surface area contributed by atoms with Gasteiger partial charge in [0.1, 0.15) is 23.4 Å². The van der Waals surface area contributed by atoms with Gasteiger partial charge >= 0.3 is 0 Å². The highest BCUT2D eigenvalue weighted by atomic mass is 35.5. The number of nitrogens with zero attached hydrogens (tertiary/aromatic N) is 4. The lowest BCUT2D eigenvalue weighted by Crippen LogP contribution is -2.07. The van der Waals surface area contributed by atoms with Crippen molar-refractivity contribution in [3.05, 3.63) is 17.7 Å². The smallest absolute Gasteiger partial charge is 0.223 e. The van der Waals surface area contributed by atoms with Gasteiger partial charge in [-0.25, -0.2) is 9.97 Å². The predicted octanol–water partition coefficient (Wildman–Crippen LogP) is 1.24. The molecule has 2 heterocycles. The third-order valence-electron chi connectivity index (χ3n) is 1.90. The Labute approximate surface area is 84.7 Å². The minimum Gasteiger partial charge on any atom is -0.301 e. The summed E-state index contributed by atoms with van der Waals surface area (Å²) in [7, 11) is 0. The fraction of sp³-hybridized carbons (Fsp3) is 0.250. The number of fused-ring (bicyclic) bond motifs is 1. The highest BCUT2D eigenvalue weighted by Gasteiger charge is 2.09. The molecule has 0 aromatic carbocycles. The van der Waals surface area contributed by atoms with E-state index in [1.165, 1.54) is 0 Å². The van der Waals surface area contributed by atoms with Crippen molar-refractivity contribution in [1.29, 1.82) is 0 Å². The molecule has 0 aliphatic carbocycles. The summed E-state index contributed by atoms with van der Waals surface area (Å²) in [5.41, 5.74) is 1.34. The number of aromatic nitrogens is 4. The zero-order chi connectivity index (χ0) is 10.1. The predicted molar refractivity (Wildman–Crippen MR) is 51.1 cm³/mol. The quantitative estimate of drug-likeness (QED) is 0.553. The van der Waals surface area contributed by atoms with Crippen molar-refractivity contribution in [3.63, 3.8) is 0 Å². The summed E-state index contributed by atoms with van der Waals surface area (Å²) in [5.74, 6) is 0. The van der Waals surface area contributed by atoms with Gasteiger partial charge < -0.3 is 4.79 Å². The molecule has 0 aliphatic heterocycles. The highest BCUT2D eigenvalue weighted by Crippen LogP contribution is 2.15. The van der Waals surface area contributed by atoms with Crippen molar-refractivity contribution in [2.75, 3.05) is 0 Å². The first kappa shape index (κ1) is 9.08. The molecule has 0 spiro atoms. The molecule has 5 nitrogen and oxygen atoms in total. The van der Waals surface area contributed by atoms with Gasteiger partial charge in [-0.15, -0.1) is 0 Å². The van der Waals surface area contributed by atoms with Crippen LogP contribution in [0.4, 0.5) is 0 Å². The Balaban J connectivity index is 2.63. The molecule has 14 heavy (non-hydrogen) atoms. The molecule has 0 saturated carbocycles. The first-order chi connectivity index (χ1) is 6.72. The van der Waals surface area contributed by atoms with Crippen LogP contribution in [-0.2, 0) is 4.79 Å². The van der Waals surface area contributed by atoms with E-state index in [2.05, 4.69) is 15.1 Å². The number of carbonyl (C=O) groups is 1. The molecule has 1 unspecified atom stereocenters. The largest absolute Gasteiger partial charge is 0.301 e. The standard InChI is InChI=1S/C8H7ClN4O/c1-5(4-14)13-7-3-10-8(9)12-6(7)2-11-13/h2-5H,1H3. The zero-order valence-electron chi connectivity index (χ0n) is 7.38. The lowest BCUT2D eigenvalue weighted by atomic mass is 10.4. The van der Waals surface area contributed by atoms with Crippen LogP contribution in [0.15, 0.2) is 12.4 Å². The van der Waals surface area contributed by atoms with E-state index in [0.29, 0.717) is 11.0 Å². The maximum Gasteiger partial charge on any atom is 0.223 e. The molecule has 2 aromatic rings. The average molecular weight is 211 g/mol. The minimum absolute atomic E-state index is 0.177. The van der Waals surface area contributed by atoms with Crippen molar-refractivity contribution < 1.29 is 4.79 Å². The Morgan fingerprint density at radius 3 is 3.07 bits per heavy atom. The molecule has 0 fully saturated rings. The molecule has 0 saturated heterocycles. The zero-order valence-corrected chi connectivity index (χ0v) is 8.14. The second-order valence-corrected chi connectivity index (χ2v) is 3.21. The van der Waals surface area contributed by atoms with Gasteiger partial charge in [0, 0.05) is 0 Å². The van der Waals surface area contributed by atoms with E-state index in [1.807, 2.05) is 0 Å². The van der Waals surface area contributed by atoms with Gasteiger partial charge in [0.05, 0.1) is 12.4 Å². The first-order valence-corrected chi connectivity index (χ1v) is 4.41. The molecule has 0 amide bonds. The van der Waals surface area contributed by atoms with Gasteiger partial charge in [0.25, 0.3) is 0 Å². The summed E-state index contributed by atoms with van der Waals surface area (Å²) in [4.78, 5) is 18.4. The molecule has 0 N–H and O–H groups in total. The average Bonchev–Trinajstić information content (AvgIpc) is 2.59. The normalized spacial score (nSPS) is 13.0. The van der Waals surface area contributed by atoms with E-state index < -0.39 is 0 Å². The van der Waals surface area contributed by atoms with Crippen LogP contribution in [0.1, 0.15) is 13.0 Å². The first-order valence-electron chi connectivity index (χ1n) is 4.03. The van der Waals surface area contributed by atoms with Crippen molar-refractivity contribution in [1.82, 2.24) is 19.7 Å². The Kier molecular flexibility index (Phi) is 2.17. The number of halogens is 1. The van der Waals surface area contributed by atoms with E-state index >= 15 is 0 Å². The van der Waals surface area contributed by atoms with E-state index in [9.17, 15) is 4.79 Å². The Morgan fingerprint density at radius 1 is 1.57 bits per heavy atom. The summed E-state index contributed by atoms with van der Waals surface area (Å²) in [5, 5.41) is 4.21. The molecule has 2 rings (SSSR count). The molecule has 1 atom stereocenters. The molecular formula is C8H7ClN4O. The number of rotatable bonds is 2. The van der Waals surface area contributed by atoms with E-state index in [-0.39, 0.29) is 11.3 Å². The maximum atomic E-state index is 10.6. The molecular weight excluding hydrogens is 204 g/mol.